The predicted molar refractivity (Wildman–Crippen MR) is 104 cm³/mol. The highest BCUT2D eigenvalue weighted by Gasteiger charge is 2.24. The van der Waals surface area contributed by atoms with Gasteiger partial charge in [0.05, 0.1) is 19.8 Å². The average Bonchev–Trinajstić information content (AvgIpc) is 3.06. The lowest BCUT2D eigenvalue weighted by Crippen LogP contribution is -2.41. The highest BCUT2D eigenvalue weighted by atomic mass is 16.5. The summed E-state index contributed by atoms with van der Waals surface area (Å²) in [6, 6.07) is 6.04. The molecular weight excluding hydrogens is 344 g/mol. The number of fused-ring (bicyclic) bond motifs is 1. The maximum Gasteiger partial charge on any atom is 0.191 e. The molecule has 8 heteroatoms. The monoisotopic (exact) mass is 372 g/mol. The van der Waals surface area contributed by atoms with Crippen LogP contribution >= 0.6 is 0 Å². The van der Waals surface area contributed by atoms with Gasteiger partial charge in [-0.1, -0.05) is 6.07 Å². The lowest BCUT2D eigenvalue weighted by atomic mass is 10.1. The van der Waals surface area contributed by atoms with Gasteiger partial charge >= 0.3 is 0 Å². The molecule has 1 unspecified atom stereocenters. The number of methoxy groups -OCH3 is 1. The molecule has 0 amide bonds. The molecule has 0 saturated heterocycles. The van der Waals surface area contributed by atoms with Crippen molar-refractivity contribution in [3.8, 4) is 11.5 Å². The van der Waals surface area contributed by atoms with Gasteiger partial charge in [0.15, 0.2) is 17.5 Å². The number of ether oxygens (including phenoxy) is 2. The molecule has 146 valence electrons. The summed E-state index contributed by atoms with van der Waals surface area (Å²) in [5.74, 6) is 4.01. The fourth-order valence-corrected chi connectivity index (χ4v) is 3.25. The second-order valence-electron chi connectivity index (χ2n) is 6.42. The first-order chi connectivity index (χ1) is 13.1. The zero-order valence-corrected chi connectivity index (χ0v) is 16.5. The smallest absolute Gasteiger partial charge is 0.191 e. The largest absolute Gasteiger partial charge is 0.493 e. The van der Waals surface area contributed by atoms with Gasteiger partial charge in [0.25, 0.3) is 0 Å². The normalized spacial score (nSPS) is 16.6. The Morgan fingerprint density at radius 2 is 2.22 bits per heavy atom. The first-order valence-corrected chi connectivity index (χ1v) is 9.32. The summed E-state index contributed by atoms with van der Waals surface area (Å²) in [7, 11) is 3.42. The Kier molecular flexibility index (Phi) is 6.16. The number of hydrogen-bond acceptors (Lipinski definition) is 5. The molecule has 1 aromatic carbocycles. The van der Waals surface area contributed by atoms with Crippen LogP contribution in [0.2, 0.25) is 0 Å². The Bertz CT molecular complexity index is 801. The number of aliphatic imine (C=N–C) groups is 1. The second-order valence-corrected chi connectivity index (χ2v) is 6.42. The Balaban J connectivity index is 1.64. The van der Waals surface area contributed by atoms with Crippen LogP contribution in [0.3, 0.4) is 0 Å². The van der Waals surface area contributed by atoms with Gasteiger partial charge in [0, 0.05) is 20.1 Å². The number of rotatable bonds is 6. The van der Waals surface area contributed by atoms with Crippen molar-refractivity contribution in [2.75, 3.05) is 20.8 Å². The van der Waals surface area contributed by atoms with Crippen LogP contribution in [-0.2, 0) is 13.1 Å². The fraction of sp³-hybridized carbons (Fsp3) is 0.526. The fourth-order valence-electron chi connectivity index (χ4n) is 3.25. The first-order valence-electron chi connectivity index (χ1n) is 9.32. The van der Waals surface area contributed by atoms with Crippen LogP contribution in [0.5, 0.6) is 11.5 Å². The van der Waals surface area contributed by atoms with Gasteiger partial charge in [-0.05, 0) is 44.4 Å². The molecule has 2 aromatic rings. The van der Waals surface area contributed by atoms with Crippen LogP contribution < -0.4 is 20.1 Å². The molecule has 0 aliphatic carbocycles. The standard InChI is InChI=1S/C19H28N6O2/c1-5-27-17-11-14(8-9-16(17)26-4)12-21-19(20-3)23-15-7-6-10-25-18(15)22-13(2)24-25/h8-9,11,15H,5-7,10,12H2,1-4H3,(H2,20,21,23). The van der Waals surface area contributed by atoms with Crippen molar-refractivity contribution >= 4 is 5.96 Å². The quantitative estimate of drug-likeness (QED) is 0.597. The zero-order chi connectivity index (χ0) is 19.2. The molecule has 1 aliphatic rings. The van der Waals surface area contributed by atoms with Crippen LogP contribution in [0.25, 0.3) is 0 Å². The molecular formula is C19H28N6O2. The Labute approximate surface area is 160 Å². The highest BCUT2D eigenvalue weighted by molar-refractivity contribution is 5.80. The lowest BCUT2D eigenvalue weighted by Gasteiger charge is -2.25. The number of nitrogens with one attached hydrogen (secondary N) is 2. The van der Waals surface area contributed by atoms with E-state index in [1.807, 2.05) is 36.7 Å². The molecule has 0 spiro atoms. The summed E-state index contributed by atoms with van der Waals surface area (Å²) in [5.41, 5.74) is 1.09. The van der Waals surface area contributed by atoms with Crippen molar-refractivity contribution in [3.05, 3.63) is 35.4 Å². The molecule has 27 heavy (non-hydrogen) atoms. The van der Waals surface area contributed by atoms with Crippen molar-refractivity contribution in [1.29, 1.82) is 0 Å². The molecule has 1 atom stereocenters. The molecule has 0 fully saturated rings. The van der Waals surface area contributed by atoms with Gasteiger partial charge in [0.1, 0.15) is 11.6 Å². The minimum Gasteiger partial charge on any atom is -0.493 e. The number of aromatic nitrogens is 3. The van der Waals surface area contributed by atoms with E-state index in [-0.39, 0.29) is 6.04 Å². The van der Waals surface area contributed by atoms with Gasteiger partial charge in [-0.2, -0.15) is 5.10 Å². The van der Waals surface area contributed by atoms with E-state index in [9.17, 15) is 0 Å². The van der Waals surface area contributed by atoms with Crippen molar-refractivity contribution in [2.24, 2.45) is 4.99 Å². The first kappa shape index (κ1) is 19.0. The van der Waals surface area contributed by atoms with E-state index in [2.05, 4.69) is 25.7 Å². The summed E-state index contributed by atoms with van der Waals surface area (Å²) in [6.07, 6.45) is 2.08. The van der Waals surface area contributed by atoms with Crippen LogP contribution in [0, 0.1) is 6.92 Å². The van der Waals surface area contributed by atoms with E-state index in [0.29, 0.717) is 13.2 Å². The van der Waals surface area contributed by atoms with E-state index >= 15 is 0 Å². The maximum atomic E-state index is 5.65. The van der Waals surface area contributed by atoms with Crippen molar-refractivity contribution in [3.63, 3.8) is 0 Å². The third-order valence-corrected chi connectivity index (χ3v) is 4.50. The third-order valence-electron chi connectivity index (χ3n) is 4.50. The third kappa shape index (κ3) is 4.50. The number of hydrogen-bond donors (Lipinski definition) is 2. The topological polar surface area (TPSA) is 85.6 Å². The highest BCUT2D eigenvalue weighted by Crippen LogP contribution is 2.28. The SMILES string of the molecule is CCOc1cc(CNC(=NC)NC2CCCn3nc(C)nc32)ccc1OC. The van der Waals surface area contributed by atoms with Gasteiger partial charge in [-0.3, -0.25) is 4.99 Å². The summed E-state index contributed by atoms with van der Waals surface area (Å²) in [4.78, 5) is 8.92. The molecule has 1 aromatic heterocycles. The molecule has 3 rings (SSSR count). The van der Waals surface area contributed by atoms with Gasteiger partial charge in [-0.15, -0.1) is 0 Å². The summed E-state index contributed by atoms with van der Waals surface area (Å²) < 4.78 is 13.0. The van der Waals surface area contributed by atoms with E-state index in [1.54, 1.807) is 14.2 Å². The molecule has 8 nitrogen and oxygen atoms in total. The molecule has 0 radical (unpaired) electrons. The molecule has 0 saturated carbocycles. The number of nitrogens with zero attached hydrogens (tertiary/aromatic N) is 4. The molecule has 2 heterocycles. The molecule has 0 bridgehead atoms. The summed E-state index contributed by atoms with van der Waals surface area (Å²) >= 11 is 0. The number of benzene rings is 1. The second kappa shape index (κ2) is 8.75. The van der Waals surface area contributed by atoms with Crippen molar-refractivity contribution in [1.82, 2.24) is 25.4 Å². The van der Waals surface area contributed by atoms with Gasteiger partial charge < -0.3 is 20.1 Å². The Morgan fingerprint density at radius 1 is 1.37 bits per heavy atom. The minimum atomic E-state index is 0.112. The minimum absolute atomic E-state index is 0.112. The van der Waals surface area contributed by atoms with Crippen LogP contribution in [0.1, 0.15) is 43.0 Å². The summed E-state index contributed by atoms with van der Waals surface area (Å²) in [6.45, 7) is 6.03. The number of aryl methyl sites for hydroxylation is 2. The zero-order valence-electron chi connectivity index (χ0n) is 16.5. The van der Waals surface area contributed by atoms with E-state index < -0.39 is 0 Å². The van der Waals surface area contributed by atoms with Crippen LogP contribution in [0.4, 0.5) is 0 Å². The number of guanidine groups is 1. The van der Waals surface area contributed by atoms with Crippen molar-refractivity contribution in [2.45, 2.75) is 45.8 Å². The van der Waals surface area contributed by atoms with E-state index in [1.165, 1.54) is 0 Å². The Hall–Kier alpha value is -2.77. The van der Waals surface area contributed by atoms with Gasteiger partial charge in [-0.25, -0.2) is 9.67 Å². The molecule has 1 aliphatic heterocycles. The van der Waals surface area contributed by atoms with Crippen LogP contribution in [-0.4, -0.2) is 41.5 Å². The average molecular weight is 372 g/mol. The lowest BCUT2D eigenvalue weighted by molar-refractivity contribution is 0.310. The van der Waals surface area contributed by atoms with Crippen molar-refractivity contribution < 1.29 is 9.47 Å². The molecule has 2 N–H and O–H groups in total. The predicted octanol–water partition coefficient (Wildman–Crippen LogP) is 2.19. The Morgan fingerprint density at radius 3 is 2.96 bits per heavy atom. The van der Waals surface area contributed by atoms with E-state index in [0.717, 1.165) is 54.1 Å². The van der Waals surface area contributed by atoms with Crippen LogP contribution in [0.15, 0.2) is 23.2 Å². The van der Waals surface area contributed by atoms with Gasteiger partial charge in [0.2, 0.25) is 0 Å². The summed E-state index contributed by atoms with van der Waals surface area (Å²) in [5, 5.41) is 11.3. The van der Waals surface area contributed by atoms with E-state index in [4.69, 9.17) is 9.47 Å². The maximum absolute atomic E-state index is 5.65.